The minimum atomic E-state index is -0.746. The fourth-order valence-electron chi connectivity index (χ4n) is 4.69. The minimum absolute atomic E-state index is 0.145. The third-order valence-corrected chi connectivity index (χ3v) is 7.02. The molecule has 8 nitrogen and oxygen atoms in total. The normalized spacial score (nSPS) is 15.5. The van der Waals surface area contributed by atoms with Gasteiger partial charge in [-0.1, -0.05) is 34.1 Å². The zero-order chi connectivity index (χ0) is 24.5. The maximum Gasteiger partial charge on any atom is 0.270 e. The highest BCUT2D eigenvalue weighted by molar-refractivity contribution is 9.10. The van der Waals surface area contributed by atoms with E-state index < -0.39 is 6.04 Å². The minimum Gasteiger partial charge on any atom is -0.338 e. The molecule has 5 rings (SSSR count). The van der Waals surface area contributed by atoms with Gasteiger partial charge in [-0.05, 0) is 59.9 Å². The van der Waals surface area contributed by atoms with Gasteiger partial charge in [-0.25, -0.2) is 4.98 Å². The van der Waals surface area contributed by atoms with Crippen LogP contribution in [0.2, 0.25) is 0 Å². The Morgan fingerprint density at radius 3 is 2.60 bits per heavy atom. The molecule has 9 heteroatoms. The first-order valence-corrected chi connectivity index (χ1v) is 12.1. The lowest BCUT2D eigenvalue weighted by atomic mass is 9.92. The quantitative estimate of drug-likeness (QED) is 0.391. The van der Waals surface area contributed by atoms with Crippen LogP contribution in [-0.2, 0) is 25.3 Å². The molecule has 2 aromatic heterocycles. The highest BCUT2D eigenvalue weighted by atomic mass is 79.9. The van der Waals surface area contributed by atoms with Crippen molar-refractivity contribution in [3.05, 3.63) is 88.5 Å². The van der Waals surface area contributed by atoms with Gasteiger partial charge in [0.15, 0.2) is 0 Å². The van der Waals surface area contributed by atoms with Crippen LogP contribution in [-0.4, -0.2) is 37.2 Å². The van der Waals surface area contributed by atoms with Gasteiger partial charge in [0.05, 0.1) is 18.2 Å². The standard InChI is InChI=1S/C26H25BrN6O2/c1-32-15-28-14-23(32)17-4-8-19(9-5-17)30-26(35)24(31-25(34)22-11-12-29-33(22)2)20-10-6-16-3-7-18(27)13-21(16)20/h3-5,7-9,11-15,20,24H,6,10H2,1-2H3,(H,30,35)(H,31,34)/t20-,24+/m1/s1. The van der Waals surface area contributed by atoms with Gasteiger partial charge in [-0.15, -0.1) is 0 Å². The lowest BCUT2D eigenvalue weighted by molar-refractivity contribution is -0.118. The number of halogens is 1. The number of nitrogens with zero attached hydrogens (tertiary/aromatic N) is 4. The molecule has 2 amide bonds. The predicted octanol–water partition coefficient (Wildman–Crippen LogP) is 4.05. The Morgan fingerprint density at radius 1 is 1.11 bits per heavy atom. The first-order valence-electron chi connectivity index (χ1n) is 11.4. The van der Waals surface area contributed by atoms with Crippen LogP contribution in [0.15, 0.2) is 71.7 Å². The van der Waals surface area contributed by atoms with Gasteiger partial charge in [0.1, 0.15) is 11.7 Å². The number of hydrogen-bond acceptors (Lipinski definition) is 4. The van der Waals surface area contributed by atoms with E-state index in [1.165, 1.54) is 10.2 Å². The molecule has 1 aliphatic rings. The van der Waals surface area contributed by atoms with Crippen molar-refractivity contribution in [2.75, 3.05) is 5.32 Å². The number of nitrogens with one attached hydrogen (secondary N) is 2. The molecule has 178 valence electrons. The molecule has 2 N–H and O–H groups in total. The summed E-state index contributed by atoms with van der Waals surface area (Å²) < 4.78 is 4.39. The van der Waals surface area contributed by atoms with Crippen molar-refractivity contribution in [1.82, 2.24) is 24.6 Å². The predicted molar refractivity (Wildman–Crippen MR) is 137 cm³/mol. The molecule has 35 heavy (non-hydrogen) atoms. The number of carbonyl (C=O) groups is 2. The van der Waals surface area contributed by atoms with Gasteiger partial charge in [-0.2, -0.15) is 5.10 Å². The molecule has 0 spiro atoms. The third-order valence-electron chi connectivity index (χ3n) is 6.52. The summed E-state index contributed by atoms with van der Waals surface area (Å²) in [4.78, 5) is 30.8. The maximum atomic E-state index is 13.6. The Morgan fingerprint density at radius 2 is 1.91 bits per heavy atom. The van der Waals surface area contributed by atoms with E-state index in [1.807, 2.05) is 48.0 Å². The molecule has 0 bridgehead atoms. The van der Waals surface area contributed by atoms with E-state index in [2.05, 4.69) is 42.7 Å². The summed E-state index contributed by atoms with van der Waals surface area (Å²) in [5.41, 5.74) is 5.32. The summed E-state index contributed by atoms with van der Waals surface area (Å²) in [6.45, 7) is 0. The SMILES string of the molecule is Cn1cncc1-c1ccc(NC(=O)[C@@H](NC(=O)c2ccnn2C)[C@@H]2CCc3ccc(Br)cc32)cc1. The van der Waals surface area contributed by atoms with Crippen molar-refractivity contribution in [2.45, 2.75) is 24.8 Å². The van der Waals surface area contributed by atoms with Gasteiger partial charge in [0, 0.05) is 36.4 Å². The molecular weight excluding hydrogens is 508 g/mol. The summed E-state index contributed by atoms with van der Waals surface area (Å²) in [7, 11) is 3.64. The fraction of sp³-hybridized carbons (Fsp3) is 0.231. The van der Waals surface area contributed by atoms with Crippen molar-refractivity contribution in [3.8, 4) is 11.3 Å². The second kappa shape index (κ2) is 9.50. The Hall–Kier alpha value is -3.72. The van der Waals surface area contributed by atoms with E-state index in [1.54, 1.807) is 31.8 Å². The average Bonchev–Trinajstić information content (AvgIpc) is 3.57. The second-order valence-corrected chi connectivity index (χ2v) is 9.65. The van der Waals surface area contributed by atoms with Crippen molar-refractivity contribution in [2.24, 2.45) is 14.1 Å². The molecule has 0 saturated heterocycles. The Kier molecular flexibility index (Phi) is 6.25. The van der Waals surface area contributed by atoms with E-state index >= 15 is 0 Å². The summed E-state index contributed by atoms with van der Waals surface area (Å²) in [6, 6.07) is 14.6. The molecule has 0 fully saturated rings. The summed E-state index contributed by atoms with van der Waals surface area (Å²) >= 11 is 3.55. The Bertz CT molecular complexity index is 1390. The van der Waals surface area contributed by atoms with E-state index in [0.29, 0.717) is 11.4 Å². The molecule has 0 saturated carbocycles. The van der Waals surface area contributed by atoms with E-state index in [4.69, 9.17) is 0 Å². The third kappa shape index (κ3) is 4.64. The monoisotopic (exact) mass is 532 g/mol. The van der Waals surface area contributed by atoms with Gasteiger partial charge in [0.2, 0.25) is 5.91 Å². The van der Waals surface area contributed by atoms with Crippen LogP contribution in [0.3, 0.4) is 0 Å². The number of aromatic nitrogens is 4. The highest BCUT2D eigenvalue weighted by Crippen LogP contribution is 2.37. The zero-order valence-electron chi connectivity index (χ0n) is 19.4. The second-order valence-electron chi connectivity index (χ2n) is 8.74. The van der Waals surface area contributed by atoms with Crippen molar-refractivity contribution in [3.63, 3.8) is 0 Å². The maximum absolute atomic E-state index is 13.6. The summed E-state index contributed by atoms with van der Waals surface area (Å²) in [5, 5.41) is 10.1. The smallest absolute Gasteiger partial charge is 0.270 e. The first-order chi connectivity index (χ1) is 16.9. The number of imidazole rings is 1. The van der Waals surface area contributed by atoms with Crippen LogP contribution in [0, 0.1) is 0 Å². The van der Waals surface area contributed by atoms with Gasteiger partial charge in [0.25, 0.3) is 5.91 Å². The van der Waals surface area contributed by atoms with E-state index in [0.717, 1.165) is 34.1 Å². The molecule has 2 heterocycles. The van der Waals surface area contributed by atoms with Crippen LogP contribution in [0.1, 0.15) is 34.0 Å². The summed E-state index contributed by atoms with van der Waals surface area (Å²) in [5.74, 6) is -0.736. The number of hydrogen-bond donors (Lipinski definition) is 2. The Balaban J connectivity index is 1.41. The van der Waals surface area contributed by atoms with Gasteiger partial charge >= 0.3 is 0 Å². The number of benzene rings is 2. The number of anilines is 1. The number of rotatable bonds is 6. The molecule has 0 radical (unpaired) electrons. The van der Waals surface area contributed by atoms with Crippen LogP contribution in [0.4, 0.5) is 5.69 Å². The number of aryl methyl sites for hydroxylation is 3. The molecule has 1 aliphatic carbocycles. The lowest BCUT2D eigenvalue weighted by Gasteiger charge is -2.25. The lowest BCUT2D eigenvalue weighted by Crippen LogP contribution is -2.47. The first kappa shape index (κ1) is 23.0. The van der Waals surface area contributed by atoms with Crippen molar-refractivity contribution >= 4 is 33.4 Å². The molecular formula is C26H25BrN6O2. The number of carbonyl (C=O) groups excluding carboxylic acids is 2. The number of fused-ring (bicyclic) bond motifs is 1. The fourth-order valence-corrected chi connectivity index (χ4v) is 5.07. The highest BCUT2D eigenvalue weighted by Gasteiger charge is 2.36. The van der Waals surface area contributed by atoms with Crippen LogP contribution in [0.5, 0.6) is 0 Å². The van der Waals surface area contributed by atoms with Crippen LogP contribution < -0.4 is 10.6 Å². The topological polar surface area (TPSA) is 93.8 Å². The van der Waals surface area contributed by atoms with Gasteiger partial charge < -0.3 is 15.2 Å². The van der Waals surface area contributed by atoms with Crippen molar-refractivity contribution in [1.29, 1.82) is 0 Å². The Labute approximate surface area is 211 Å². The molecule has 4 aromatic rings. The molecule has 0 unspecified atom stereocenters. The van der Waals surface area contributed by atoms with E-state index in [-0.39, 0.29) is 17.7 Å². The zero-order valence-corrected chi connectivity index (χ0v) is 21.0. The molecule has 2 aromatic carbocycles. The summed E-state index contributed by atoms with van der Waals surface area (Å²) in [6.07, 6.45) is 6.74. The largest absolute Gasteiger partial charge is 0.338 e. The van der Waals surface area contributed by atoms with E-state index in [9.17, 15) is 9.59 Å². The number of amides is 2. The van der Waals surface area contributed by atoms with Crippen LogP contribution in [0.25, 0.3) is 11.3 Å². The van der Waals surface area contributed by atoms with Crippen molar-refractivity contribution < 1.29 is 9.59 Å². The molecule has 2 atom stereocenters. The average molecular weight is 533 g/mol. The van der Waals surface area contributed by atoms with Crippen LogP contribution >= 0.6 is 15.9 Å². The molecule has 0 aliphatic heterocycles. The van der Waals surface area contributed by atoms with Gasteiger partial charge in [-0.3, -0.25) is 14.3 Å².